The zero-order valence-electron chi connectivity index (χ0n) is 7.99. The second-order valence-electron chi connectivity index (χ2n) is 3.32. The van der Waals surface area contributed by atoms with Crippen LogP contribution in [-0.2, 0) is 6.42 Å². The van der Waals surface area contributed by atoms with Crippen LogP contribution in [0, 0.1) is 5.92 Å². The van der Waals surface area contributed by atoms with Crippen molar-refractivity contribution >= 4 is 11.3 Å². The van der Waals surface area contributed by atoms with Crippen molar-refractivity contribution in [2.75, 3.05) is 19.7 Å². The maximum Gasteiger partial charge on any atom is 0.0468 e. The van der Waals surface area contributed by atoms with Crippen molar-refractivity contribution < 1.29 is 5.11 Å². The van der Waals surface area contributed by atoms with Gasteiger partial charge in [0.25, 0.3) is 0 Å². The minimum atomic E-state index is 0.270. The second kappa shape index (κ2) is 6.13. The van der Waals surface area contributed by atoms with Crippen molar-refractivity contribution in [3.8, 4) is 0 Å². The minimum absolute atomic E-state index is 0.270. The fourth-order valence-electron chi connectivity index (χ4n) is 1.08. The van der Waals surface area contributed by atoms with E-state index in [0.717, 1.165) is 19.5 Å². The van der Waals surface area contributed by atoms with E-state index in [-0.39, 0.29) is 6.61 Å². The summed E-state index contributed by atoms with van der Waals surface area (Å²) in [6, 6.07) is 4.23. The van der Waals surface area contributed by atoms with E-state index < -0.39 is 0 Å². The maximum atomic E-state index is 8.78. The molecule has 0 aliphatic carbocycles. The highest BCUT2D eigenvalue weighted by atomic mass is 32.1. The topological polar surface area (TPSA) is 32.3 Å². The summed E-state index contributed by atoms with van der Waals surface area (Å²) in [5.41, 5.74) is 0. The summed E-state index contributed by atoms with van der Waals surface area (Å²) in [7, 11) is 0. The van der Waals surface area contributed by atoms with Gasteiger partial charge in [-0.1, -0.05) is 13.0 Å². The number of hydrogen-bond acceptors (Lipinski definition) is 3. The second-order valence-corrected chi connectivity index (χ2v) is 4.35. The highest BCUT2D eigenvalue weighted by Crippen LogP contribution is 2.07. The Balaban J connectivity index is 2.02. The van der Waals surface area contributed by atoms with E-state index in [9.17, 15) is 0 Å². The molecule has 74 valence electrons. The average molecular weight is 199 g/mol. The molecule has 0 spiro atoms. The van der Waals surface area contributed by atoms with Gasteiger partial charge >= 0.3 is 0 Å². The van der Waals surface area contributed by atoms with E-state index >= 15 is 0 Å². The lowest BCUT2D eigenvalue weighted by molar-refractivity contribution is 0.234. The molecule has 1 aromatic rings. The summed E-state index contributed by atoms with van der Waals surface area (Å²) in [4.78, 5) is 1.42. The Morgan fingerprint density at radius 3 is 3.08 bits per heavy atom. The fourth-order valence-corrected chi connectivity index (χ4v) is 1.79. The number of hydrogen-bond donors (Lipinski definition) is 2. The summed E-state index contributed by atoms with van der Waals surface area (Å²) in [6.07, 6.45) is 1.09. The molecule has 0 saturated carbocycles. The molecule has 1 unspecified atom stereocenters. The van der Waals surface area contributed by atoms with Crippen molar-refractivity contribution in [3.63, 3.8) is 0 Å². The third-order valence-corrected chi connectivity index (χ3v) is 2.87. The first-order valence-electron chi connectivity index (χ1n) is 4.67. The van der Waals surface area contributed by atoms with Gasteiger partial charge in [0, 0.05) is 11.5 Å². The van der Waals surface area contributed by atoms with Gasteiger partial charge in [-0.15, -0.1) is 11.3 Å². The fraction of sp³-hybridized carbons (Fsp3) is 0.600. The molecule has 0 radical (unpaired) electrons. The van der Waals surface area contributed by atoms with Gasteiger partial charge in [0.2, 0.25) is 0 Å². The number of thiophene rings is 1. The summed E-state index contributed by atoms with van der Waals surface area (Å²) >= 11 is 1.80. The number of aliphatic hydroxyl groups excluding tert-OH is 1. The molecule has 0 aliphatic rings. The highest BCUT2D eigenvalue weighted by Gasteiger charge is 1.98. The van der Waals surface area contributed by atoms with Crippen molar-refractivity contribution in [2.45, 2.75) is 13.3 Å². The van der Waals surface area contributed by atoms with Gasteiger partial charge in [0.15, 0.2) is 0 Å². The van der Waals surface area contributed by atoms with Gasteiger partial charge in [0.1, 0.15) is 0 Å². The SMILES string of the molecule is CC(CO)CNCCc1cccs1. The Labute approximate surface area is 83.6 Å². The van der Waals surface area contributed by atoms with E-state index in [1.54, 1.807) is 11.3 Å². The molecule has 1 aromatic heterocycles. The summed E-state index contributed by atoms with van der Waals surface area (Å²) in [5, 5.41) is 14.2. The Hall–Kier alpha value is -0.380. The van der Waals surface area contributed by atoms with E-state index in [4.69, 9.17) is 5.11 Å². The van der Waals surface area contributed by atoms with E-state index in [0.29, 0.717) is 5.92 Å². The Bertz CT molecular complexity index is 211. The molecule has 0 aliphatic heterocycles. The predicted molar refractivity (Wildman–Crippen MR) is 57.1 cm³/mol. The predicted octanol–water partition coefficient (Wildman–Crippen LogP) is 1.51. The van der Waals surface area contributed by atoms with Crippen LogP contribution in [-0.4, -0.2) is 24.8 Å². The Morgan fingerprint density at radius 1 is 1.62 bits per heavy atom. The van der Waals surface area contributed by atoms with Gasteiger partial charge in [-0.05, 0) is 36.9 Å². The molecule has 2 N–H and O–H groups in total. The smallest absolute Gasteiger partial charge is 0.0468 e. The van der Waals surface area contributed by atoms with Crippen molar-refractivity contribution in [1.82, 2.24) is 5.32 Å². The van der Waals surface area contributed by atoms with Crippen molar-refractivity contribution in [2.24, 2.45) is 5.92 Å². The summed E-state index contributed by atoms with van der Waals surface area (Å²) in [6.45, 7) is 4.22. The van der Waals surface area contributed by atoms with E-state index in [1.165, 1.54) is 4.88 Å². The van der Waals surface area contributed by atoms with Crippen LogP contribution in [0.15, 0.2) is 17.5 Å². The molecule has 0 bridgehead atoms. The van der Waals surface area contributed by atoms with Crippen molar-refractivity contribution in [1.29, 1.82) is 0 Å². The first kappa shape index (κ1) is 10.7. The van der Waals surface area contributed by atoms with E-state index in [2.05, 4.69) is 22.8 Å². The molecule has 0 saturated heterocycles. The van der Waals surface area contributed by atoms with Gasteiger partial charge in [0.05, 0.1) is 0 Å². The largest absolute Gasteiger partial charge is 0.396 e. The number of rotatable bonds is 6. The van der Waals surface area contributed by atoms with Crippen LogP contribution in [0.1, 0.15) is 11.8 Å². The average Bonchev–Trinajstić information content (AvgIpc) is 2.64. The summed E-state index contributed by atoms with van der Waals surface area (Å²) in [5.74, 6) is 0.364. The zero-order valence-corrected chi connectivity index (χ0v) is 8.81. The zero-order chi connectivity index (χ0) is 9.52. The molecule has 13 heavy (non-hydrogen) atoms. The Morgan fingerprint density at radius 2 is 2.46 bits per heavy atom. The van der Waals surface area contributed by atoms with Crippen LogP contribution >= 0.6 is 11.3 Å². The molecule has 1 atom stereocenters. The molecule has 0 fully saturated rings. The standard InChI is InChI=1S/C10H17NOS/c1-9(8-12)7-11-5-4-10-3-2-6-13-10/h2-3,6,9,11-12H,4-5,7-8H2,1H3. The first-order valence-corrected chi connectivity index (χ1v) is 5.55. The van der Waals surface area contributed by atoms with Gasteiger partial charge in [-0.2, -0.15) is 0 Å². The van der Waals surface area contributed by atoms with Crippen LogP contribution in [0.2, 0.25) is 0 Å². The molecular formula is C10H17NOS. The van der Waals surface area contributed by atoms with Crippen LogP contribution in [0.25, 0.3) is 0 Å². The highest BCUT2D eigenvalue weighted by molar-refractivity contribution is 7.09. The number of aliphatic hydroxyl groups is 1. The lowest BCUT2D eigenvalue weighted by atomic mass is 10.2. The third kappa shape index (κ3) is 4.41. The molecule has 0 aromatic carbocycles. The first-order chi connectivity index (χ1) is 6.33. The molecule has 2 nitrogen and oxygen atoms in total. The minimum Gasteiger partial charge on any atom is -0.396 e. The third-order valence-electron chi connectivity index (χ3n) is 1.93. The maximum absolute atomic E-state index is 8.78. The summed E-state index contributed by atoms with van der Waals surface area (Å²) < 4.78 is 0. The van der Waals surface area contributed by atoms with Gasteiger partial charge in [-0.3, -0.25) is 0 Å². The van der Waals surface area contributed by atoms with Crippen LogP contribution < -0.4 is 5.32 Å². The van der Waals surface area contributed by atoms with Crippen LogP contribution in [0.4, 0.5) is 0 Å². The van der Waals surface area contributed by atoms with Gasteiger partial charge < -0.3 is 10.4 Å². The normalized spacial score (nSPS) is 13.1. The molecule has 1 rings (SSSR count). The van der Waals surface area contributed by atoms with E-state index in [1.807, 2.05) is 6.92 Å². The lowest BCUT2D eigenvalue weighted by Gasteiger charge is -2.08. The quantitative estimate of drug-likeness (QED) is 0.681. The molecule has 1 heterocycles. The molecule has 0 amide bonds. The lowest BCUT2D eigenvalue weighted by Crippen LogP contribution is -2.24. The monoisotopic (exact) mass is 199 g/mol. The van der Waals surface area contributed by atoms with Crippen LogP contribution in [0.3, 0.4) is 0 Å². The van der Waals surface area contributed by atoms with Gasteiger partial charge in [-0.25, -0.2) is 0 Å². The Kier molecular flexibility index (Phi) is 5.05. The van der Waals surface area contributed by atoms with Crippen LogP contribution in [0.5, 0.6) is 0 Å². The molecule has 3 heteroatoms. The van der Waals surface area contributed by atoms with Crippen molar-refractivity contribution in [3.05, 3.63) is 22.4 Å². The number of nitrogens with one attached hydrogen (secondary N) is 1. The molecular weight excluding hydrogens is 182 g/mol.